The minimum absolute atomic E-state index is 0.112. The summed E-state index contributed by atoms with van der Waals surface area (Å²) in [7, 11) is 3.40. The van der Waals surface area contributed by atoms with Crippen molar-refractivity contribution in [2.45, 2.75) is 6.54 Å². The summed E-state index contributed by atoms with van der Waals surface area (Å²) in [6.45, 7) is 3.88. The van der Waals surface area contributed by atoms with Crippen molar-refractivity contribution in [3.05, 3.63) is 90.8 Å². The lowest BCUT2D eigenvalue weighted by Gasteiger charge is -2.18. The highest BCUT2D eigenvalue weighted by Gasteiger charge is 2.15. The zero-order valence-corrected chi connectivity index (χ0v) is 15.9. The van der Waals surface area contributed by atoms with E-state index >= 15 is 0 Å². The van der Waals surface area contributed by atoms with E-state index in [1.165, 1.54) is 11.0 Å². The van der Waals surface area contributed by atoms with Gasteiger partial charge in [-0.2, -0.15) is 5.10 Å². The number of hydrogen-bond donors (Lipinski definition) is 0. The van der Waals surface area contributed by atoms with E-state index in [1.54, 1.807) is 47.9 Å². The highest BCUT2D eigenvalue weighted by atomic mass is 16.2. The molecule has 6 nitrogen and oxygen atoms in total. The van der Waals surface area contributed by atoms with Crippen LogP contribution in [0.2, 0.25) is 0 Å². The number of para-hydroxylation sites is 1. The number of benzene rings is 2. The average molecular weight is 374 g/mol. The SMILES string of the molecule is C=CC(=O)N(C)c1ccc(C(=O)N(C)Cc2ccn(-c3ccccc3)n2)cc1. The topological polar surface area (TPSA) is 58.4 Å². The summed E-state index contributed by atoms with van der Waals surface area (Å²) in [5.74, 6) is -0.316. The van der Waals surface area contributed by atoms with Crippen molar-refractivity contribution in [3.8, 4) is 5.69 Å². The van der Waals surface area contributed by atoms with Crippen LogP contribution in [0.25, 0.3) is 5.69 Å². The molecule has 0 N–H and O–H groups in total. The van der Waals surface area contributed by atoms with Crippen molar-refractivity contribution >= 4 is 17.5 Å². The number of hydrogen-bond acceptors (Lipinski definition) is 3. The first-order valence-corrected chi connectivity index (χ1v) is 8.85. The fourth-order valence-corrected chi connectivity index (χ4v) is 2.80. The second kappa shape index (κ2) is 8.35. The molecule has 2 amide bonds. The first-order chi connectivity index (χ1) is 13.5. The van der Waals surface area contributed by atoms with Crippen LogP contribution in [0.4, 0.5) is 5.69 Å². The lowest BCUT2D eigenvalue weighted by atomic mass is 10.1. The minimum Gasteiger partial charge on any atom is -0.336 e. The Morgan fingerprint density at radius 2 is 1.71 bits per heavy atom. The predicted octanol–water partition coefficient (Wildman–Crippen LogP) is 3.29. The van der Waals surface area contributed by atoms with Gasteiger partial charge in [-0.25, -0.2) is 4.68 Å². The van der Waals surface area contributed by atoms with Crippen LogP contribution in [0.3, 0.4) is 0 Å². The zero-order chi connectivity index (χ0) is 20.1. The van der Waals surface area contributed by atoms with Crippen LogP contribution in [0.1, 0.15) is 16.1 Å². The van der Waals surface area contributed by atoms with Crippen LogP contribution in [-0.2, 0) is 11.3 Å². The normalized spacial score (nSPS) is 10.4. The fourth-order valence-electron chi connectivity index (χ4n) is 2.80. The summed E-state index contributed by atoms with van der Waals surface area (Å²) in [6, 6.07) is 18.6. The first kappa shape index (κ1) is 19.1. The second-order valence-corrected chi connectivity index (χ2v) is 6.40. The van der Waals surface area contributed by atoms with E-state index in [1.807, 2.05) is 42.6 Å². The van der Waals surface area contributed by atoms with E-state index in [4.69, 9.17) is 0 Å². The molecule has 0 atom stereocenters. The van der Waals surface area contributed by atoms with Crippen molar-refractivity contribution in [2.75, 3.05) is 19.0 Å². The molecule has 28 heavy (non-hydrogen) atoms. The molecule has 6 heteroatoms. The number of carbonyl (C=O) groups is 2. The summed E-state index contributed by atoms with van der Waals surface area (Å²) in [6.07, 6.45) is 3.13. The van der Waals surface area contributed by atoms with Gasteiger partial charge in [0.25, 0.3) is 5.91 Å². The summed E-state index contributed by atoms with van der Waals surface area (Å²) in [5.41, 5.74) is 3.02. The molecule has 0 aliphatic heterocycles. The third-order valence-electron chi connectivity index (χ3n) is 4.42. The third-order valence-corrected chi connectivity index (χ3v) is 4.42. The molecule has 3 rings (SSSR count). The quantitative estimate of drug-likeness (QED) is 0.622. The van der Waals surface area contributed by atoms with Crippen LogP contribution in [-0.4, -0.2) is 40.6 Å². The van der Waals surface area contributed by atoms with E-state index in [0.717, 1.165) is 11.4 Å². The number of rotatable bonds is 6. The molecule has 0 saturated heterocycles. The van der Waals surface area contributed by atoms with Crippen LogP contribution in [0, 0.1) is 0 Å². The Labute approximate surface area is 164 Å². The number of likely N-dealkylation sites (N-methyl/N-ethyl adjacent to an activating group) is 1. The van der Waals surface area contributed by atoms with Gasteiger partial charge in [-0.05, 0) is 48.5 Å². The summed E-state index contributed by atoms with van der Waals surface area (Å²) < 4.78 is 1.79. The molecule has 0 saturated carbocycles. The maximum atomic E-state index is 12.7. The molecule has 0 fully saturated rings. The molecule has 3 aromatic rings. The van der Waals surface area contributed by atoms with Gasteiger partial charge < -0.3 is 9.80 Å². The highest BCUT2D eigenvalue weighted by molar-refractivity contribution is 6.01. The summed E-state index contributed by atoms with van der Waals surface area (Å²) >= 11 is 0. The van der Waals surface area contributed by atoms with Crippen molar-refractivity contribution in [1.82, 2.24) is 14.7 Å². The lowest BCUT2D eigenvalue weighted by Crippen LogP contribution is -2.27. The average Bonchev–Trinajstić information content (AvgIpc) is 3.21. The Bertz CT molecular complexity index is 977. The minimum atomic E-state index is -0.204. The largest absolute Gasteiger partial charge is 0.336 e. The molecule has 0 aliphatic carbocycles. The van der Waals surface area contributed by atoms with Crippen molar-refractivity contribution in [2.24, 2.45) is 0 Å². The van der Waals surface area contributed by atoms with E-state index in [2.05, 4.69) is 11.7 Å². The van der Waals surface area contributed by atoms with Crippen LogP contribution in [0.15, 0.2) is 79.5 Å². The van der Waals surface area contributed by atoms with E-state index in [9.17, 15) is 9.59 Å². The van der Waals surface area contributed by atoms with E-state index in [0.29, 0.717) is 17.8 Å². The number of nitrogens with zero attached hydrogens (tertiary/aromatic N) is 4. The summed E-state index contributed by atoms with van der Waals surface area (Å²) in [4.78, 5) is 27.5. The van der Waals surface area contributed by atoms with Gasteiger partial charge in [0.05, 0.1) is 17.9 Å². The summed E-state index contributed by atoms with van der Waals surface area (Å²) in [5, 5.41) is 4.53. The number of anilines is 1. The Hall–Kier alpha value is -3.67. The van der Waals surface area contributed by atoms with Gasteiger partial charge in [-0.15, -0.1) is 0 Å². The molecule has 142 valence electrons. The molecule has 0 spiro atoms. The van der Waals surface area contributed by atoms with Crippen molar-refractivity contribution in [3.63, 3.8) is 0 Å². The smallest absolute Gasteiger partial charge is 0.253 e. The molecular weight excluding hydrogens is 352 g/mol. The standard InChI is InChI=1S/C22H22N4O2/c1-4-21(27)25(3)19-12-10-17(11-13-19)22(28)24(2)16-18-14-15-26(23-18)20-8-6-5-7-9-20/h4-15H,1,16H2,2-3H3. The predicted molar refractivity (Wildman–Crippen MR) is 109 cm³/mol. The lowest BCUT2D eigenvalue weighted by molar-refractivity contribution is -0.113. The van der Waals surface area contributed by atoms with Crippen LogP contribution >= 0.6 is 0 Å². The second-order valence-electron chi connectivity index (χ2n) is 6.40. The first-order valence-electron chi connectivity index (χ1n) is 8.85. The van der Waals surface area contributed by atoms with Crippen molar-refractivity contribution in [1.29, 1.82) is 0 Å². The van der Waals surface area contributed by atoms with Gasteiger partial charge in [-0.1, -0.05) is 24.8 Å². The van der Waals surface area contributed by atoms with Gasteiger partial charge in [0.2, 0.25) is 5.91 Å². The van der Waals surface area contributed by atoms with E-state index in [-0.39, 0.29) is 11.8 Å². The maximum Gasteiger partial charge on any atom is 0.253 e. The Morgan fingerprint density at radius 1 is 1.04 bits per heavy atom. The zero-order valence-electron chi connectivity index (χ0n) is 15.9. The number of aromatic nitrogens is 2. The van der Waals surface area contributed by atoms with Crippen molar-refractivity contribution < 1.29 is 9.59 Å². The Morgan fingerprint density at radius 3 is 2.36 bits per heavy atom. The van der Waals surface area contributed by atoms with Gasteiger partial charge >= 0.3 is 0 Å². The van der Waals surface area contributed by atoms with Crippen LogP contribution in [0.5, 0.6) is 0 Å². The van der Waals surface area contributed by atoms with E-state index < -0.39 is 0 Å². The third kappa shape index (κ3) is 4.17. The van der Waals surface area contributed by atoms with Gasteiger partial charge in [0.15, 0.2) is 0 Å². The molecule has 0 bridgehead atoms. The van der Waals surface area contributed by atoms with Crippen LogP contribution < -0.4 is 4.90 Å². The molecule has 0 aliphatic rings. The van der Waals surface area contributed by atoms with Gasteiger partial charge in [0.1, 0.15) is 0 Å². The van der Waals surface area contributed by atoms with Gasteiger partial charge in [0, 0.05) is 31.5 Å². The fraction of sp³-hybridized carbons (Fsp3) is 0.136. The molecular formula is C22H22N4O2. The highest BCUT2D eigenvalue weighted by Crippen LogP contribution is 2.16. The molecule has 1 heterocycles. The molecule has 2 aromatic carbocycles. The molecule has 0 radical (unpaired) electrons. The maximum absolute atomic E-state index is 12.7. The Kier molecular flexibility index (Phi) is 5.69. The monoisotopic (exact) mass is 374 g/mol. The van der Waals surface area contributed by atoms with Gasteiger partial charge in [-0.3, -0.25) is 9.59 Å². The number of carbonyl (C=O) groups excluding carboxylic acids is 2. The molecule has 1 aromatic heterocycles. The molecule has 0 unspecified atom stereocenters. The number of amides is 2. The Balaban J connectivity index is 1.67.